The third-order valence-corrected chi connectivity index (χ3v) is 2.57. The lowest BCUT2D eigenvalue weighted by atomic mass is 9.90. The van der Waals surface area contributed by atoms with E-state index in [1.54, 1.807) is 7.11 Å². The predicted molar refractivity (Wildman–Crippen MR) is 64.3 cm³/mol. The fraction of sp³-hybridized carbons (Fsp3) is 0.538. The van der Waals surface area contributed by atoms with E-state index in [1.165, 1.54) is 5.56 Å². The molecule has 0 aliphatic heterocycles. The molecule has 1 rings (SSSR count). The lowest BCUT2D eigenvalue weighted by molar-refractivity contribution is 0.387. The van der Waals surface area contributed by atoms with E-state index in [0.717, 1.165) is 11.3 Å². The highest BCUT2D eigenvalue weighted by Gasteiger charge is 2.21. The van der Waals surface area contributed by atoms with Gasteiger partial charge in [0.05, 0.1) is 7.11 Å². The third kappa shape index (κ3) is 2.51. The Morgan fingerprint density at radius 3 is 2.27 bits per heavy atom. The van der Waals surface area contributed by atoms with Crippen molar-refractivity contribution in [3.05, 3.63) is 29.3 Å². The summed E-state index contributed by atoms with van der Waals surface area (Å²) in [5, 5.41) is 0. The fourth-order valence-electron chi connectivity index (χ4n) is 1.74. The number of rotatable bonds is 3. The average Bonchev–Trinajstić information content (AvgIpc) is 2.15. The van der Waals surface area contributed by atoms with Gasteiger partial charge in [0.2, 0.25) is 0 Å². The van der Waals surface area contributed by atoms with E-state index in [1.807, 2.05) is 26.0 Å². The maximum absolute atomic E-state index is 6.12. The Labute approximate surface area is 92.4 Å². The van der Waals surface area contributed by atoms with E-state index in [9.17, 15) is 0 Å². The fourth-order valence-corrected chi connectivity index (χ4v) is 1.74. The van der Waals surface area contributed by atoms with E-state index in [2.05, 4.69) is 19.9 Å². The lowest BCUT2D eigenvalue weighted by Crippen LogP contribution is -2.29. The van der Waals surface area contributed by atoms with Crippen molar-refractivity contribution in [2.45, 2.75) is 39.2 Å². The van der Waals surface area contributed by atoms with Gasteiger partial charge in [-0.1, -0.05) is 32.0 Å². The van der Waals surface area contributed by atoms with Gasteiger partial charge in [-0.2, -0.15) is 0 Å². The normalized spacial score (nSPS) is 11.9. The molecule has 15 heavy (non-hydrogen) atoms. The number of benzene rings is 1. The Kier molecular flexibility index (Phi) is 3.40. The molecule has 0 saturated heterocycles. The zero-order chi connectivity index (χ0) is 11.6. The number of hydrogen-bond acceptors (Lipinski definition) is 2. The number of ether oxygens (including phenoxy) is 1. The molecule has 2 heteroatoms. The maximum Gasteiger partial charge on any atom is 0.127 e. The number of nitrogens with two attached hydrogens (primary N) is 1. The summed E-state index contributed by atoms with van der Waals surface area (Å²) >= 11 is 0. The summed E-state index contributed by atoms with van der Waals surface area (Å²) in [7, 11) is 1.70. The van der Waals surface area contributed by atoms with Gasteiger partial charge in [0.25, 0.3) is 0 Å². The Morgan fingerprint density at radius 2 is 1.87 bits per heavy atom. The summed E-state index contributed by atoms with van der Waals surface area (Å²) < 4.78 is 5.48. The van der Waals surface area contributed by atoms with Crippen LogP contribution in [-0.2, 0) is 5.54 Å². The van der Waals surface area contributed by atoms with Crippen LogP contribution in [0.2, 0.25) is 0 Å². The van der Waals surface area contributed by atoms with Crippen molar-refractivity contribution >= 4 is 0 Å². The van der Waals surface area contributed by atoms with Crippen LogP contribution in [0.15, 0.2) is 18.2 Å². The Bertz CT molecular complexity index is 337. The summed E-state index contributed by atoms with van der Waals surface area (Å²) in [4.78, 5) is 0. The van der Waals surface area contributed by atoms with E-state index < -0.39 is 0 Å². The van der Waals surface area contributed by atoms with Gasteiger partial charge in [-0.3, -0.25) is 0 Å². The van der Waals surface area contributed by atoms with Crippen LogP contribution in [0.25, 0.3) is 0 Å². The van der Waals surface area contributed by atoms with Crippen molar-refractivity contribution in [2.75, 3.05) is 7.11 Å². The molecule has 1 aromatic rings. The number of methoxy groups -OCH3 is 1. The topological polar surface area (TPSA) is 35.2 Å². The largest absolute Gasteiger partial charge is 0.496 e. The predicted octanol–water partition coefficient (Wildman–Crippen LogP) is 3.01. The molecule has 2 N–H and O–H groups in total. The Balaban J connectivity index is 3.35. The van der Waals surface area contributed by atoms with Gasteiger partial charge in [0.15, 0.2) is 0 Å². The van der Waals surface area contributed by atoms with Gasteiger partial charge in [-0.15, -0.1) is 0 Å². The molecule has 0 aliphatic rings. The van der Waals surface area contributed by atoms with Crippen molar-refractivity contribution in [3.63, 3.8) is 0 Å². The molecular weight excluding hydrogens is 186 g/mol. The van der Waals surface area contributed by atoms with E-state index in [0.29, 0.717) is 5.92 Å². The summed E-state index contributed by atoms with van der Waals surface area (Å²) in [5.74, 6) is 1.38. The molecule has 0 atom stereocenters. The van der Waals surface area contributed by atoms with Gasteiger partial charge in [0.1, 0.15) is 5.75 Å². The van der Waals surface area contributed by atoms with Crippen molar-refractivity contribution in [2.24, 2.45) is 5.73 Å². The van der Waals surface area contributed by atoms with Gasteiger partial charge in [-0.25, -0.2) is 0 Å². The molecule has 84 valence electrons. The van der Waals surface area contributed by atoms with Crippen LogP contribution in [0.3, 0.4) is 0 Å². The molecule has 0 fully saturated rings. The summed E-state index contributed by atoms with van der Waals surface area (Å²) in [6.45, 7) is 8.31. The van der Waals surface area contributed by atoms with Crippen LogP contribution in [0.4, 0.5) is 0 Å². The van der Waals surface area contributed by atoms with Gasteiger partial charge < -0.3 is 10.5 Å². The van der Waals surface area contributed by atoms with Crippen molar-refractivity contribution < 1.29 is 4.74 Å². The molecule has 0 bridgehead atoms. The van der Waals surface area contributed by atoms with Gasteiger partial charge in [-0.05, 0) is 25.3 Å². The highest BCUT2D eigenvalue weighted by atomic mass is 16.5. The van der Waals surface area contributed by atoms with Gasteiger partial charge in [0, 0.05) is 11.1 Å². The first-order valence-corrected chi connectivity index (χ1v) is 5.34. The molecular formula is C13H21NO. The minimum absolute atomic E-state index is 0.365. The van der Waals surface area contributed by atoms with E-state index in [-0.39, 0.29) is 5.54 Å². The smallest absolute Gasteiger partial charge is 0.127 e. The summed E-state index contributed by atoms with van der Waals surface area (Å²) in [6.07, 6.45) is 0. The van der Waals surface area contributed by atoms with Crippen molar-refractivity contribution in [1.82, 2.24) is 0 Å². The first-order chi connectivity index (χ1) is 6.88. The monoisotopic (exact) mass is 207 g/mol. The number of para-hydroxylation sites is 1. The third-order valence-electron chi connectivity index (χ3n) is 2.57. The lowest BCUT2D eigenvalue weighted by Gasteiger charge is -2.24. The van der Waals surface area contributed by atoms with Crippen LogP contribution in [0, 0.1) is 0 Å². The number of hydrogen-bond donors (Lipinski definition) is 1. The van der Waals surface area contributed by atoms with Crippen molar-refractivity contribution in [3.8, 4) is 5.75 Å². The Morgan fingerprint density at radius 1 is 1.27 bits per heavy atom. The van der Waals surface area contributed by atoms with Crippen LogP contribution in [0.5, 0.6) is 5.75 Å². The highest BCUT2D eigenvalue weighted by Crippen LogP contribution is 2.34. The van der Waals surface area contributed by atoms with Crippen LogP contribution < -0.4 is 10.5 Å². The second-order valence-electron chi connectivity index (χ2n) is 4.80. The highest BCUT2D eigenvalue weighted by molar-refractivity contribution is 5.46. The van der Waals surface area contributed by atoms with Crippen molar-refractivity contribution in [1.29, 1.82) is 0 Å². The molecule has 1 aromatic carbocycles. The molecule has 0 saturated carbocycles. The minimum Gasteiger partial charge on any atom is -0.496 e. The first-order valence-electron chi connectivity index (χ1n) is 5.34. The van der Waals surface area contributed by atoms with Crippen LogP contribution in [0.1, 0.15) is 44.7 Å². The quantitative estimate of drug-likeness (QED) is 0.827. The maximum atomic E-state index is 6.12. The second kappa shape index (κ2) is 4.23. The van der Waals surface area contributed by atoms with Gasteiger partial charge >= 0.3 is 0 Å². The zero-order valence-corrected chi connectivity index (χ0v) is 10.3. The molecule has 0 spiro atoms. The zero-order valence-electron chi connectivity index (χ0n) is 10.3. The Hall–Kier alpha value is -1.02. The second-order valence-corrected chi connectivity index (χ2v) is 4.80. The standard InChI is InChI=1S/C13H21NO/c1-9(2)10-7-6-8-11(12(10)15-5)13(3,4)14/h6-9H,14H2,1-5H3. The molecule has 2 nitrogen and oxygen atoms in total. The minimum atomic E-state index is -0.365. The molecule has 0 unspecified atom stereocenters. The van der Waals surface area contributed by atoms with Crippen LogP contribution in [-0.4, -0.2) is 7.11 Å². The summed E-state index contributed by atoms with van der Waals surface area (Å²) in [6, 6.07) is 6.17. The molecule has 0 radical (unpaired) electrons. The average molecular weight is 207 g/mol. The SMILES string of the molecule is COc1c(C(C)C)cccc1C(C)(C)N. The van der Waals surface area contributed by atoms with E-state index in [4.69, 9.17) is 10.5 Å². The molecule has 0 heterocycles. The molecule has 0 amide bonds. The van der Waals surface area contributed by atoms with Crippen LogP contribution >= 0.6 is 0 Å². The van der Waals surface area contributed by atoms with E-state index >= 15 is 0 Å². The molecule has 0 aromatic heterocycles. The summed E-state index contributed by atoms with van der Waals surface area (Å²) in [5.41, 5.74) is 8.04. The first kappa shape index (κ1) is 12.1. The molecule has 0 aliphatic carbocycles.